The molecule has 0 saturated heterocycles. The molecule has 2 N–H and O–H groups in total. The molecular formula is C20H19N3O3. The van der Waals surface area contributed by atoms with Crippen molar-refractivity contribution in [3.05, 3.63) is 59.3 Å². The van der Waals surface area contributed by atoms with E-state index < -0.39 is 0 Å². The fourth-order valence-corrected chi connectivity index (χ4v) is 3.60. The molecule has 0 saturated carbocycles. The van der Waals surface area contributed by atoms with Crippen molar-refractivity contribution in [3.8, 4) is 11.5 Å². The van der Waals surface area contributed by atoms with Crippen LogP contribution in [0.4, 0.5) is 5.95 Å². The summed E-state index contributed by atoms with van der Waals surface area (Å²) in [4.78, 5) is 17.1. The molecule has 0 spiro atoms. The van der Waals surface area contributed by atoms with Gasteiger partial charge in [-0.2, -0.15) is 0 Å². The van der Waals surface area contributed by atoms with Crippen LogP contribution in [0.2, 0.25) is 0 Å². The van der Waals surface area contributed by atoms with Gasteiger partial charge in [-0.15, -0.1) is 0 Å². The lowest BCUT2D eigenvalue weighted by molar-refractivity contribution is -0.114. The molecule has 132 valence electrons. The van der Waals surface area contributed by atoms with E-state index in [-0.39, 0.29) is 17.6 Å². The number of fused-ring (bicyclic) bond motifs is 3. The highest BCUT2D eigenvalue weighted by atomic mass is 16.5. The minimum absolute atomic E-state index is 0.0181. The maximum absolute atomic E-state index is 12.5. The summed E-state index contributed by atoms with van der Waals surface area (Å²) in [5, 5.41) is 13.2. The first kappa shape index (κ1) is 16.2. The van der Waals surface area contributed by atoms with E-state index in [9.17, 15) is 9.90 Å². The molecule has 0 fully saturated rings. The summed E-state index contributed by atoms with van der Waals surface area (Å²) in [5.41, 5.74) is 4.06. The Morgan fingerprint density at radius 2 is 2.04 bits per heavy atom. The molecule has 2 heterocycles. The van der Waals surface area contributed by atoms with Gasteiger partial charge in [-0.3, -0.25) is 9.36 Å². The average molecular weight is 349 g/mol. The van der Waals surface area contributed by atoms with Gasteiger partial charge in [0.05, 0.1) is 24.2 Å². The van der Waals surface area contributed by atoms with Crippen molar-refractivity contribution in [1.82, 2.24) is 9.55 Å². The van der Waals surface area contributed by atoms with Crippen molar-refractivity contribution < 1.29 is 14.6 Å². The molecule has 0 aliphatic carbocycles. The molecule has 6 nitrogen and oxygen atoms in total. The second-order valence-corrected chi connectivity index (χ2v) is 6.35. The van der Waals surface area contributed by atoms with Gasteiger partial charge in [-0.05, 0) is 43.7 Å². The average Bonchev–Trinajstić information content (AvgIpc) is 2.98. The van der Waals surface area contributed by atoms with E-state index in [4.69, 9.17) is 4.74 Å². The highest BCUT2D eigenvalue weighted by Crippen LogP contribution is 2.41. The van der Waals surface area contributed by atoms with Crippen molar-refractivity contribution in [2.45, 2.75) is 19.9 Å². The Balaban J connectivity index is 2.02. The molecule has 0 amide bonds. The molecular weight excluding hydrogens is 330 g/mol. The van der Waals surface area contributed by atoms with Gasteiger partial charge in [-0.1, -0.05) is 18.2 Å². The monoisotopic (exact) mass is 349 g/mol. The number of carbonyl (C=O) groups excluding carboxylic acids is 1. The fourth-order valence-electron chi connectivity index (χ4n) is 3.60. The largest absolute Gasteiger partial charge is 0.504 e. The Bertz CT molecular complexity index is 1070. The summed E-state index contributed by atoms with van der Waals surface area (Å²) in [5.74, 6) is 1.10. The van der Waals surface area contributed by atoms with E-state index in [1.165, 1.54) is 7.11 Å². The quantitative estimate of drug-likeness (QED) is 0.755. The third kappa shape index (κ3) is 2.34. The van der Waals surface area contributed by atoms with Gasteiger partial charge in [0.2, 0.25) is 5.95 Å². The second kappa shape index (κ2) is 5.91. The predicted molar refractivity (Wildman–Crippen MR) is 99.5 cm³/mol. The number of allylic oxidation sites excluding steroid dienone is 2. The first-order valence-corrected chi connectivity index (χ1v) is 8.34. The van der Waals surface area contributed by atoms with Crippen molar-refractivity contribution in [1.29, 1.82) is 0 Å². The Kier molecular flexibility index (Phi) is 3.68. The third-order valence-corrected chi connectivity index (χ3v) is 4.73. The van der Waals surface area contributed by atoms with E-state index in [0.717, 1.165) is 22.3 Å². The molecule has 0 bridgehead atoms. The van der Waals surface area contributed by atoms with Crippen molar-refractivity contribution in [2.75, 3.05) is 12.4 Å². The standard InChI is InChI=1S/C20H19N3O3/c1-11-18(12(2)24)19(13-8-9-16(25)17(10-13)26-3)23-15-7-5-4-6-14(15)22-20(23)21-11/h4-10,19,25H,1-3H3,(H,21,22)/t19-/m1/s1. The lowest BCUT2D eigenvalue weighted by atomic mass is 9.92. The van der Waals surface area contributed by atoms with E-state index in [2.05, 4.69) is 10.3 Å². The molecule has 3 aromatic rings. The number of aromatic hydroxyl groups is 1. The van der Waals surface area contributed by atoms with Gasteiger partial charge in [-0.25, -0.2) is 4.98 Å². The Morgan fingerprint density at radius 1 is 1.27 bits per heavy atom. The summed E-state index contributed by atoms with van der Waals surface area (Å²) >= 11 is 0. The molecule has 1 aromatic heterocycles. The van der Waals surface area contributed by atoms with Gasteiger partial charge < -0.3 is 15.2 Å². The van der Waals surface area contributed by atoms with Crippen LogP contribution in [0.5, 0.6) is 11.5 Å². The van der Waals surface area contributed by atoms with Gasteiger partial charge >= 0.3 is 0 Å². The van der Waals surface area contributed by atoms with Crippen LogP contribution in [0.15, 0.2) is 53.7 Å². The number of nitrogens with zero attached hydrogens (tertiary/aromatic N) is 2. The third-order valence-electron chi connectivity index (χ3n) is 4.73. The molecule has 0 radical (unpaired) electrons. The summed E-state index contributed by atoms with van der Waals surface area (Å²) in [6, 6.07) is 12.6. The van der Waals surface area contributed by atoms with Crippen LogP contribution in [-0.2, 0) is 4.79 Å². The number of ether oxygens (including phenoxy) is 1. The van der Waals surface area contributed by atoms with Crippen LogP contribution >= 0.6 is 0 Å². The minimum Gasteiger partial charge on any atom is -0.504 e. The number of phenolic OH excluding ortho intramolecular Hbond substituents is 1. The number of hydrogen-bond acceptors (Lipinski definition) is 5. The molecule has 1 atom stereocenters. The number of phenols is 1. The van der Waals surface area contributed by atoms with Crippen LogP contribution in [0.3, 0.4) is 0 Å². The number of hydrogen-bond donors (Lipinski definition) is 2. The molecule has 6 heteroatoms. The minimum atomic E-state index is -0.356. The lowest BCUT2D eigenvalue weighted by Crippen LogP contribution is -2.27. The van der Waals surface area contributed by atoms with E-state index in [1.54, 1.807) is 19.1 Å². The number of para-hydroxylation sites is 2. The summed E-state index contributed by atoms with van der Waals surface area (Å²) in [6.07, 6.45) is 0. The highest BCUT2D eigenvalue weighted by molar-refractivity contribution is 5.97. The Morgan fingerprint density at radius 3 is 2.77 bits per heavy atom. The van der Waals surface area contributed by atoms with Crippen LogP contribution in [-0.4, -0.2) is 27.6 Å². The van der Waals surface area contributed by atoms with Crippen LogP contribution in [0.1, 0.15) is 25.5 Å². The van der Waals surface area contributed by atoms with Crippen LogP contribution in [0, 0.1) is 0 Å². The Hall–Kier alpha value is -3.28. The first-order valence-electron chi connectivity index (χ1n) is 8.34. The first-order chi connectivity index (χ1) is 12.5. The molecule has 0 unspecified atom stereocenters. The molecule has 2 aromatic carbocycles. The van der Waals surface area contributed by atoms with Crippen molar-refractivity contribution in [2.24, 2.45) is 0 Å². The van der Waals surface area contributed by atoms with Crippen molar-refractivity contribution in [3.63, 3.8) is 0 Å². The number of aromatic nitrogens is 2. The lowest BCUT2D eigenvalue weighted by Gasteiger charge is -2.30. The molecule has 1 aliphatic heterocycles. The summed E-state index contributed by atoms with van der Waals surface area (Å²) in [6.45, 7) is 3.44. The molecule has 1 aliphatic rings. The zero-order valence-corrected chi connectivity index (χ0v) is 14.8. The smallest absolute Gasteiger partial charge is 0.209 e. The van der Waals surface area contributed by atoms with Crippen LogP contribution in [0.25, 0.3) is 11.0 Å². The molecule has 4 rings (SSSR count). The number of nitrogens with one attached hydrogen (secondary N) is 1. The second-order valence-electron chi connectivity index (χ2n) is 6.35. The van der Waals surface area contributed by atoms with E-state index in [1.807, 2.05) is 41.8 Å². The number of imidazole rings is 1. The zero-order chi connectivity index (χ0) is 18.4. The van der Waals surface area contributed by atoms with Gasteiger partial charge in [0, 0.05) is 11.3 Å². The topological polar surface area (TPSA) is 76.4 Å². The normalized spacial score (nSPS) is 16.3. The van der Waals surface area contributed by atoms with Gasteiger partial charge in [0.25, 0.3) is 0 Å². The number of ketones is 1. The number of rotatable bonds is 3. The number of carbonyl (C=O) groups is 1. The number of methoxy groups -OCH3 is 1. The molecule has 26 heavy (non-hydrogen) atoms. The van der Waals surface area contributed by atoms with E-state index >= 15 is 0 Å². The summed E-state index contributed by atoms with van der Waals surface area (Å²) < 4.78 is 7.28. The van der Waals surface area contributed by atoms with Gasteiger partial charge in [0.1, 0.15) is 0 Å². The Labute approximate surface area is 150 Å². The number of anilines is 1. The van der Waals surface area contributed by atoms with Crippen LogP contribution < -0.4 is 10.1 Å². The fraction of sp³-hybridized carbons (Fsp3) is 0.200. The van der Waals surface area contributed by atoms with Gasteiger partial charge in [0.15, 0.2) is 17.3 Å². The van der Waals surface area contributed by atoms with Crippen molar-refractivity contribution >= 4 is 22.8 Å². The highest BCUT2D eigenvalue weighted by Gasteiger charge is 2.32. The van der Waals surface area contributed by atoms with E-state index in [0.29, 0.717) is 17.3 Å². The number of benzene rings is 2. The predicted octanol–water partition coefficient (Wildman–Crippen LogP) is 3.63. The summed E-state index contributed by atoms with van der Waals surface area (Å²) in [7, 11) is 1.51. The zero-order valence-electron chi connectivity index (χ0n) is 14.8. The maximum Gasteiger partial charge on any atom is 0.209 e. The maximum atomic E-state index is 12.5. The SMILES string of the molecule is COc1cc([C@@H]2C(C(C)=O)=C(C)Nc3nc4ccccc4n32)ccc1O. The number of Topliss-reactive ketones (excluding diaryl/α,β-unsaturated/α-hetero) is 1.